The van der Waals surface area contributed by atoms with E-state index in [9.17, 15) is 5.26 Å². The summed E-state index contributed by atoms with van der Waals surface area (Å²) in [6, 6.07) is 4.22. The third-order valence-corrected chi connectivity index (χ3v) is 4.06. The Bertz CT molecular complexity index is 674. The molecule has 0 unspecified atom stereocenters. The topological polar surface area (TPSA) is 57.7 Å². The zero-order valence-corrected chi connectivity index (χ0v) is 12.1. The van der Waals surface area contributed by atoms with Crippen molar-refractivity contribution < 1.29 is 0 Å². The lowest BCUT2D eigenvalue weighted by atomic mass is 10.1. The second kappa shape index (κ2) is 5.22. The molecule has 2 aromatic rings. The maximum absolute atomic E-state index is 9.34. The molecule has 0 N–H and O–H groups in total. The van der Waals surface area contributed by atoms with Gasteiger partial charge in [-0.05, 0) is 38.9 Å². The first kappa shape index (κ1) is 13.1. The fraction of sp³-hybridized carbons (Fsp3) is 0.533. The van der Waals surface area contributed by atoms with Crippen molar-refractivity contribution in [2.45, 2.75) is 26.2 Å². The molecular weight excluding hydrogens is 250 g/mol. The molecule has 5 nitrogen and oxygen atoms in total. The van der Waals surface area contributed by atoms with Crippen LogP contribution in [0.4, 0.5) is 0 Å². The summed E-state index contributed by atoms with van der Waals surface area (Å²) in [6.07, 6.45) is 3.42. The zero-order chi connectivity index (χ0) is 14.1. The molecule has 0 bridgehead atoms. The Hall–Kier alpha value is -1.93. The minimum Gasteiger partial charge on any atom is -0.303 e. The lowest BCUT2D eigenvalue weighted by Gasteiger charge is -2.14. The number of hydrogen-bond acceptors (Lipinski definition) is 4. The molecule has 0 aromatic carbocycles. The highest BCUT2D eigenvalue weighted by Gasteiger charge is 2.15. The largest absolute Gasteiger partial charge is 0.303 e. The Labute approximate surface area is 118 Å². The van der Waals surface area contributed by atoms with Gasteiger partial charge in [0.05, 0.1) is 17.0 Å². The lowest BCUT2D eigenvalue weighted by molar-refractivity contribution is 0.342. The van der Waals surface area contributed by atoms with E-state index in [1.54, 1.807) is 4.68 Å². The monoisotopic (exact) mass is 269 g/mol. The third-order valence-electron chi connectivity index (χ3n) is 4.06. The van der Waals surface area contributed by atoms with Crippen molar-refractivity contribution in [3.8, 4) is 6.07 Å². The number of likely N-dealkylation sites (tertiary alicyclic amines) is 1. The van der Waals surface area contributed by atoms with E-state index in [-0.39, 0.29) is 0 Å². The summed E-state index contributed by atoms with van der Waals surface area (Å²) in [4.78, 5) is 7.12. The van der Waals surface area contributed by atoms with E-state index in [1.165, 1.54) is 25.9 Å². The van der Waals surface area contributed by atoms with Gasteiger partial charge in [-0.25, -0.2) is 4.98 Å². The molecule has 1 aliphatic heterocycles. The fourth-order valence-corrected chi connectivity index (χ4v) is 2.94. The van der Waals surface area contributed by atoms with Crippen LogP contribution in [0, 0.1) is 18.3 Å². The normalized spacial score (nSPS) is 15.8. The van der Waals surface area contributed by atoms with E-state index in [0.29, 0.717) is 5.56 Å². The van der Waals surface area contributed by atoms with Gasteiger partial charge >= 0.3 is 0 Å². The average molecular weight is 269 g/mol. The maximum Gasteiger partial charge on any atom is 0.158 e. The Balaban J connectivity index is 1.92. The predicted molar refractivity (Wildman–Crippen MR) is 77.3 cm³/mol. The second-order valence-corrected chi connectivity index (χ2v) is 5.47. The van der Waals surface area contributed by atoms with Crippen molar-refractivity contribution in [1.29, 1.82) is 5.26 Å². The van der Waals surface area contributed by atoms with Crippen molar-refractivity contribution in [3.63, 3.8) is 0 Å². The van der Waals surface area contributed by atoms with Crippen LogP contribution in [0.5, 0.6) is 0 Å². The molecule has 1 fully saturated rings. The van der Waals surface area contributed by atoms with Gasteiger partial charge in [-0.2, -0.15) is 10.4 Å². The molecule has 3 rings (SSSR count). The van der Waals surface area contributed by atoms with Crippen molar-refractivity contribution in [2.24, 2.45) is 7.05 Å². The summed E-state index contributed by atoms with van der Waals surface area (Å²) in [5, 5.41) is 14.7. The van der Waals surface area contributed by atoms with E-state index in [1.807, 2.05) is 20.0 Å². The summed E-state index contributed by atoms with van der Waals surface area (Å²) in [6.45, 7) is 5.29. The van der Waals surface area contributed by atoms with Crippen molar-refractivity contribution >= 4 is 11.0 Å². The Kier molecular flexibility index (Phi) is 3.41. The van der Waals surface area contributed by atoms with E-state index >= 15 is 0 Å². The van der Waals surface area contributed by atoms with Gasteiger partial charge in [0.15, 0.2) is 5.65 Å². The summed E-state index contributed by atoms with van der Waals surface area (Å²) in [7, 11) is 1.90. The Morgan fingerprint density at radius 2 is 2.10 bits per heavy atom. The van der Waals surface area contributed by atoms with Crippen LogP contribution in [-0.4, -0.2) is 39.3 Å². The minimum atomic E-state index is 0.688. The second-order valence-electron chi connectivity index (χ2n) is 5.47. The van der Waals surface area contributed by atoms with Crippen LogP contribution in [-0.2, 0) is 13.5 Å². The number of aromatic nitrogens is 3. The molecule has 1 saturated heterocycles. The Morgan fingerprint density at radius 3 is 2.80 bits per heavy atom. The lowest BCUT2D eigenvalue weighted by Crippen LogP contribution is -2.22. The predicted octanol–water partition coefficient (Wildman–Crippen LogP) is 1.79. The van der Waals surface area contributed by atoms with Crippen molar-refractivity contribution in [3.05, 3.63) is 23.0 Å². The SMILES string of the molecule is Cc1nn(C)c2nc(CCN3CCCC3)c(C#N)cc12. The van der Waals surface area contributed by atoms with E-state index in [4.69, 9.17) is 0 Å². The summed E-state index contributed by atoms with van der Waals surface area (Å²) in [5.74, 6) is 0. The molecule has 0 radical (unpaired) electrons. The molecule has 0 saturated carbocycles. The van der Waals surface area contributed by atoms with Crippen LogP contribution in [0.2, 0.25) is 0 Å². The van der Waals surface area contributed by atoms with Gasteiger partial charge < -0.3 is 4.90 Å². The van der Waals surface area contributed by atoms with Crippen molar-refractivity contribution in [2.75, 3.05) is 19.6 Å². The standard InChI is InChI=1S/C15H19N5/c1-11-13-9-12(10-16)14(17-15(13)19(2)18-11)5-8-20-6-3-4-7-20/h9H,3-8H2,1-2H3. The average Bonchev–Trinajstić information content (AvgIpc) is 3.05. The number of aryl methyl sites for hydroxylation is 2. The molecule has 20 heavy (non-hydrogen) atoms. The molecular formula is C15H19N5. The van der Waals surface area contributed by atoms with Gasteiger partial charge in [-0.3, -0.25) is 4.68 Å². The number of nitrogens with zero attached hydrogens (tertiary/aromatic N) is 5. The molecule has 0 aliphatic carbocycles. The number of pyridine rings is 1. The summed E-state index contributed by atoms with van der Waals surface area (Å²) < 4.78 is 1.80. The molecule has 3 heterocycles. The number of rotatable bonds is 3. The number of nitriles is 1. The molecule has 1 aliphatic rings. The summed E-state index contributed by atoms with van der Waals surface area (Å²) in [5.41, 5.74) is 3.39. The number of fused-ring (bicyclic) bond motifs is 1. The first-order valence-corrected chi connectivity index (χ1v) is 7.14. The Morgan fingerprint density at radius 1 is 1.35 bits per heavy atom. The first-order chi connectivity index (χ1) is 9.69. The highest BCUT2D eigenvalue weighted by Crippen LogP contribution is 2.20. The summed E-state index contributed by atoms with van der Waals surface area (Å²) >= 11 is 0. The third kappa shape index (κ3) is 2.27. The zero-order valence-electron chi connectivity index (χ0n) is 12.1. The van der Waals surface area contributed by atoms with Crippen LogP contribution in [0.3, 0.4) is 0 Å². The fourth-order valence-electron chi connectivity index (χ4n) is 2.94. The highest BCUT2D eigenvalue weighted by atomic mass is 15.3. The van der Waals surface area contributed by atoms with Crippen LogP contribution < -0.4 is 0 Å². The van der Waals surface area contributed by atoms with Crippen LogP contribution in [0.1, 0.15) is 29.8 Å². The molecule has 2 aromatic heterocycles. The van der Waals surface area contributed by atoms with Gasteiger partial charge in [0.2, 0.25) is 0 Å². The molecule has 0 atom stereocenters. The van der Waals surface area contributed by atoms with E-state index in [0.717, 1.165) is 35.4 Å². The quantitative estimate of drug-likeness (QED) is 0.852. The molecule has 5 heteroatoms. The molecule has 0 spiro atoms. The minimum absolute atomic E-state index is 0.688. The first-order valence-electron chi connectivity index (χ1n) is 7.14. The van der Waals surface area contributed by atoms with Gasteiger partial charge in [0.1, 0.15) is 6.07 Å². The van der Waals surface area contributed by atoms with Crippen LogP contribution in [0.15, 0.2) is 6.07 Å². The van der Waals surface area contributed by atoms with Gasteiger partial charge in [0, 0.05) is 25.4 Å². The molecule has 104 valence electrons. The van der Waals surface area contributed by atoms with Crippen LogP contribution >= 0.6 is 0 Å². The van der Waals surface area contributed by atoms with Gasteiger partial charge in [-0.1, -0.05) is 0 Å². The number of hydrogen-bond donors (Lipinski definition) is 0. The van der Waals surface area contributed by atoms with E-state index in [2.05, 4.69) is 21.1 Å². The highest BCUT2D eigenvalue weighted by molar-refractivity contribution is 5.80. The van der Waals surface area contributed by atoms with Gasteiger partial charge in [-0.15, -0.1) is 0 Å². The van der Waals surface area contributed by atoms with Gasteiger partial charge in [0.25, 0.3) is 0 Å². The van der Waals surface area contributed by atoms with Crippen molar-refractivity contribution in [1.82, 2.24) is 19.7 Å². The van der Waals surface area contributed by atoms with Crippen LogP contribution in [0.25, 0.3) is 11.0 Å². The maximum atomic E-state index is 9.34. The smallest absolute Gasteiger partial charge is 0.158 e. The molecule has 0 amide bonds. The van der Waals surface area contributed by atoms with E-state index < -0.39 is 0 Å².